The maximum atomic E-state index is 12.3. The topological polar surface area (TPSA) is 95.1 Å². The van der Waals surface area contributed by atoms with Gasteiger partial charge in [-0.3, -0.25) is 4.79 Å². The van der Waals surface area contributed by atoms with E-state index in [-0.39, 0.29) is 11.5 Å². The lowest BCUT2D eigenvalue weighted by molar-refractivity contribution is -0.130. The minimum absolute atomic E-state index is 0.188. The average molecular weight is 383 g/mol. The van der Waals surface area contributed by atoms with E-state index < -0.39 is 5.97 Å². The second-order valence-electron chi connectivity index (χ2n) is 6.39. The second-order valence-corrected chi connectivity index (χ2v) is 6.39. The Bertz CT molecular complexity index is 1210. The zero-order chi connectivity index (χ0) is 20.2. The maximum absolute atomic E-state index is 12.3. The highest BCUT2D eigenvalue weighted by Gasteiger charge is 2.13. The third-order valence-electron chi connectivity index (χ3n) is 4.46. The summed E-state index contributed by atoms with van der Waals surface area (Å²) in [4.78, 5) is 31.5. The van der Waals surface area contributed by atoms with Crippen molar-refractivity contribution < 1.29 is 14.7 Å². The second kappa shape index (κ2) is 7.82. The number of hydrogen-bond donors (Lipinski definition) is 3. The Morgan fingerprint density at radius 3 is 2.21 bits per heavy atom. The molecular formula is C23H17N3O3. The van der Waals surface area contributed by atoms with E-state index >= 15 is 0 Å². The van der Waals surface area contributed by atoms with E-state index in [0.717, 1.165) is 5.39 Å². The first kappa shape index (κ1) is 18.2. The highest BCUT2D eigenvalue weighted by molar-refractivity contribution is 6.21. The predicted octanol–water partition coefficient (Wildman–Crippen LogP) is 4.44. The molecular weight excluding hydrogens is 366 g/mol. The quantitative estimate of drug-likeness (QED) is 0.444. The molecule has 1 amide bonds. The molecule has 4 rings (SSSR count). The zero-order valence-corrected chi connectivity index (χ0v) is 15.3. The third-order valence-corrected chi connectivity index (χ3v) is 4.46. The summed E-state index contributed by atoms with van der Waals surface area (Å²) in [6.07, 6.45) is 3.31. The molecule has 29 heavy (non-hydrogen) atoms. The number of rotatable bonds is 5. The molecule has 6 nitrogen and oxygen atoms in total. The summed E-state index contributed by atoms with van der Waals surface area (Å²) < 4.78 is 0. The van der Waals surface area contributed by atoms with Crippen LogP contribution in [0.25, 0.3) is 22.7 Å². The number of H-pyrrole nitrogens is 1. The van der Waals surface area contributed by atoms with E-state index in [2.05, 4.69) is 15.3 Å². The molecule has 0 aliphatic rings. The van der Waals surface area contributed by atoms with Gasteiger partial charge in [0.05, 0.1) is 5.57 Å². The SMILES string of the molecule is O=C(O)/C(=C/c1c[nH]c2nc(NC(=O)c3ccccc3)ccc12)c1ccccc1. The van der Waals surface area contributed by atoms with Gasteiger partial charge in [-0.05, 0) is 35.9 Å². The molecule has 142 valence electrons. The van der Waals surface area contributed by atoms with Crippen molar-refractivity contribution in [3.8, 4) is 0 Å². The van der Waals surface area contributed by atoms with Crippen molar-refractivity contribution in [2.75, 3.05) is 5.32 Å². The summed E-state index contributed by atoms with van der Waals surface area (Å²) in [6, 6.07) is 21.3. The minimum atomic E-state index is -1.01. The van der Waals surface area contributed by atoms with Crippen LogP contribution in [0.1, 0.15) is 21.5 Å². The molecule has 6 heteroatoms. The van der Waals surface area contributed by atoms with Gasteiger partial charge in [0.25, 0.3) is 5.91 Å². The Morgan fingerprint density at radius 1 is 0.897 bits per heavy atom. The number of aliphatic carboxylic acids is 1. The van der Waals surface area contributed by atoms with E-state index in [4.69, 9.17) is 0 Å². The Balaban J connectivity index is 1.65. The van der Waals surface area contributed by atoms with E-state index in [9.17, 15) is 14.7 Å². The number of carbonyl (C=O) groups is 2. The molecule has 0 aliphatic carbocycles. The van der Waals surface area contributed by atoms with Crippen molar-refractivity contribution in [3.05, 3.63) is 95.7 Å². The fraction of sp³-hybridized carbons (Fsp3) is 0. The molecule has 0 aliphatic heterocycles. The lowest BCUT2D eigenvalue weighted by atomic mass is 10.0. The van der Waals surface area contributed by atoms with Crippen molar-refractivity contribution in [3.63, 3.8) is 0 Å². The number of nitrogens with zero attached hydrogens (tertiary/aromatic N) is 1. The van der Waals surface area contributed by atoms with Gasteiger partial charge in [0.1, 0.15) is 11.5 Å². The molecule has 0 bridgehead atoms. The van der Waals surface area contributed by atoms with E-state index in [1.807, 2.05) is 12.1 Å². The van der Waals surface area contributed by atoms with Crippen LogP contribution in [0.5, 0.6) is 0 Å². The molecule has 0 saturated heterocycles. The maximum Gasteiger partial charge on any atom is 0.336 e. The first-order chi connectivity index (χ1) is 14.1. The molecule has 0 saturated carbocycles. The Labute approximate surface area is 166 Å². The summed E-state index contributed by atoms with van der Waals surface area (Å²) in [7, 11) is 0. The molecule has 0 unspecified atom stereocenters. The molecule has 3 N–H and O–H groups in total. The normalized spacial score (nSPS) is 11.4. The standard InChI is InChI=1S/C23H17N3O3/c27-22(16-9-5-2-6-10-16)26-20-12-11-18-17(14-24-21(18)25-20)13-19(23(28)29)15-7-3-1-4-8-15/h1-14H,(H,28,29)(H2,24,25,26,27)/b19-13+. The van der Waals surface area contributed by atoms with Gasteiger partial charge in [0.2, 0.25) is 0 Å². The Hall–Kier alpha value is -4.19. The summed E-state index contributed by atoms with van der Waals surface area (Å²) in [6.45, 7) is 0. The fourth-order valence-electron chi connectivity index (χ4n) is 3.03. The summed E-state index contributed by atoms with van der Waals surface area (Å²) in [5, 5.41) is 13.1. The summed E-state index contributed by atoms with van der Waals surface area (Å²) in [5.41, 5.74) is 2.61. The Kier molecular flexibility index (Phi) is 4.90. The average Bonchev–Trinajstić information content (AvgIpc) is 3.15. The van der Waals surface area contributed by atoms with Crippen LogP contribution in [0.3, 0.4) is 0 Å². The van der Waals surface area contributed by atoms with Crippen LogP contribution in [0.4, 0.5) is 5.82 Å². The number of benzene rings is 2. The van der Waals surface area contributed by atoms with Crippen molar-refractivity contribution >= 4 is 40.4 Å². The van der Waals surface area contributed by atoms with Crippen LogP contribution < -0.4 is 5.32 Å². The van der Waals surface area contributed by atoms with Gasteiger partial charge in [-0.25, -0.2) is 9.78 Å². The van der Waals surface area contributed by atoms with Crippen molar-refractivity contribution in [2.24, 2.45) is 0 Å². The van der Waals surface area contributed by atoms with E-state index in [0.29, 0.717) is 28.2 Å². The molecule has 4 aromatic rings. The van der Waals surface area contributed by atoms with Crippen LogP contribution in [-0.2, 0) is 4.79 Å². The number of pyridine rings is 1. The molecule has 2 heterocycles. The number of nitrogens with one attached hydrogen (secondary N) is 2. The lowest BCUT2D eigenvalue weighted by Gasteiger charge is -2.05. The lowest BCUT2D eigenvalue weighted by Crippen LogP contribution is -2.12. The van der Waals surface area contributed by atoms with E-state index in [1.54, 1.807) is 72.9 Å². The number of aromatic nitrogens is 2. The van der Waals surface area contributed by atoms with Crippen molar-refractivity contribution in [1.82, 2.24) is 9.97 Å². The zero-order valence-electron chi connectivity index (χ0n) is 15.3. The van der Waals surface area contributed by atoms with Gasteiger partial charge >= 0.3 is 5.97 Å². The number of carboxylic acids is 1. The largest absolute Gasteiger partial charge is 0.478 e. The molecule has 2 aromatic carbocycles. The third kappa shape index (κ3) is 3.91. The first-order valence-corrected chi connectivity index (χ1v) is 8.97. The number of fused-ring (bicyclic) bond motifs is 1. The fourth-order valence-corrected chi connectivity index (χ4v) is 3.03. The Morgan fingerprint density at radius 2 is 1.55 bits per heavy atom. The molecule has 0 radical (unpaired) electrons. The smallest absolute Gasteiger partial charge is 0.336 e. The molecule has 2 aromatic heterocycles. The first-order valence-electron chi connectivity index (χ1n) is 8.97. The molecule has 0 spiro atoms. The molecule has 0 atom stereocenters. The molecule has 0 fully saturated rings. The van der Waals surface area contributed by atoms with E-state index in [1.165, 1.54) is 0 Å². The number of carbonyl (C=O) groups excluding carboxylic acids is 1. The highest BCUT2D eigenvalue weighted by atomic mass is 16.4. The van der Waals surface area contributed by atoms with Gasteiger partial charge in [-0.2, -0.15) is 0 Å². The highest BCUT2D eigenvalue weighted by Crippen LogP contribution is 2.25. The monoisotopic (exact) mass is 383 g/mol. The van der Waals surface area contributed by atoms with Gasteiger partial charge in [0.15, 0.2) is 0 Å². The van der Waals surface area contributed by atoms with Crippen LogP contribution in [0.2, 0.25) is 0 Å². The van der Waals surface area contributed by atoms with Gasteiger partial charge in [0, 0.05) is 22.7 Å². The van der Waals surface area contributed by atoms with Crippen molar-refractivity contribution in [1.29, 1.82) is 0 Å². The number of anilines is 1. The van der Waals surface area contributed by atoms with Crippen LogP contribution in [0, 0.1) is 0 Å². The summed E-state index contributed by atoms with van der Waals surface area (Å²) >= 11 is 0. The minimum Gasteiger partial charge on any atom is -0.478 e. The number of amides is 1. The number of hydrogen-bond acceptors (Lipinski definition) is 3. The van der Waals surface area contributed by atoms with Gasteiger partial charge in [-0.1, -0.05) is 48.5 Å². The number of aromatic amines is 1. The van der Waals surface area contributed by atoms with Crippen LogP contribution in [0.15, 0.2) is 79.0 Å². The number of carboxylic acid groups (broad SMARTS) is 1. The predicted molar refractivity (Wildman–Crippen MR) is 112 cm³/mol. The summed E-state index contributed by atoms with van der Waals surface area (Å²) in [5.74, 6) is -0.850. The van der Waals surface area contributed by atoms with Crippen LogP contribution >= 0.6 is 0 Å². The van der Waals surface area contributed by atoms with Crippen molar-refractivity contribution in [2.45, 2.75) is 0 Å². The van der Waals surface area contributed by atoms with Gasteiger partial charge in [-0.15, -0.1) is 0 Å². The van der Waals surface area contributed by atoms with Crippen LogP contribution in [-0.4, -0.2) is 27.0 Å². The van der Waals surface area contributed by atoms with Gasteiger partial charge < -0.3 is 15.4 Å².